The maximum Gasteiger partial charge on any atom is 0.260 e. The highest BCUT2D eigenvalue weighted by molar-refractivity contribution is 6.33. The number of rotatable bonds is 9. The molecule has 1 aliphatic heterocycles. The van der Waals surface area contributed by atoms with Crippen molar-refractivity contribution in [3.63, 3.8) is 0 Å². The third-order valence-electron chi connectivity index (χ3n) is 7.26. The summed E-state index contributed by atoms with van der Waals surface area (Å²) in [4.78, 5) is 25.3. The molecule has 41 heavy (non-hydrogen) atoms. The summed E-state index contributed by atoms with van der Waals surface area (Å²) < 4.78 is 6.82. The van der Waals surface area contributed by atoms with Crippen LogP contribution in [0.15, 0.2) is 74.2 Å². The zero-order valence-electron chi connectivity index (χ0n) is 24.2. The molecule has 1 N–H and O–H groups in total. The summed E-state index contributed by atoms with van der Waals surface area (Å²) in [5.74, 6) is 1.72. The van der Waals surface area contributed by atoms with Gasteiger partial charge in [-0.15, -0.1) is 0 Å². The zero-order chi connectivity index (χ0) is 29.1. The van der Waals surface area contributed by atoms with Crippen LogP contribution in [0, 0.1) is 6.92 Å². The number of aryl methyl sites for hydroxylation is 1. The molecule has 0 atom stereocenters. The van der Waals surface area contributed by atoms with E-state index in [1.807, 2.05) is 25.1 Å². The Morgan fingerprint density at radius 2 is 1.85 bits per heavy atom. The van der Waals surface area contributed by atoms with Crippen LogP contribution in [-0.4, -0.2) is 40.2 Å². The van der Waals surface area contributed by atoms with Gasteiger partial charge in [0.05, 0.1) is 0 Å². The Balaban J connectivity index is 1.53. The summed E-state index contributed by atoms with van der Waals surface area (Å²) in [7, 11) is 4.16. The van der Waals surface area contributed by atoms with E-state index >= 15 is 0 Å². The SMILES string of the molecule is CCC1=C(Nc2ccc(CCN(C)C)cc2)N=c2c(cc(-c3ccc(-c4noc(C)n4)cc3Cl)c(=O)n2CC)=CC1. The quantitative estimate of drug-likeness (QED) is 0.298. The molecule has 2 aromatic carbocycles. The van der Waals surface area contributed by atoms with Crippen molar-refractivity contribution in [3.8, 4) is 22.5 Å². The van der Waals surface area contributed by atoms with Crippen molar-refractivity contribution in [3.05, 3.63) is 97.5 Å². The topological polar surface area (TPSA) is 88.6 Å². The predicted molar refractivity (Wildman–Crippen MR) is 164 cm³/mol. The van der Waals surface area contributed by atoms with Gasteiger partial charge in [0.2, 0.25) is 11.7 Å². The fourth-order valence-electron chi connectivity index (χ4n) is 4.92. The Bertz CT molecular complexity index is 1780. The number of halogens is 1. The number of hydrogen-bond acceptors (Lipinski definition) is 7. The molecule has 0 radical (unpaired) electrons. The lowest BCUT2D eigenvalue weighted by molar-refractivity contribution is 0.394. The van der Waals surface area contributed by atoms with Crippen molar-refractivity contribution in [2.75, 3.05) is 26.0 Å². The minimum Gasteiger partial charge on any atom is -0.340 e. The lowest BCUT2D eigenvalue weighted by Gasteiger charge is -2.13. The molecule has 0 fully saturated rings. The first-order chi connectivity index (χ1) is 19.8. The van der Waals surface area contributed by atoms with Crippen LogP contribution >= 0.6 is 11.6 Å². The van der Waals surface area contributed by atoms with Crippen molar-refractivity contribution >= 4 is 23.4 Å². The smallest absolute Gasteiger partial charge is 0.260 e. The Morgan fingerprint density at radius 1 is 1.07 bits per heavy atom. The lowest BCUT2D eigenvalue weighted by Crippen LogP contribution is -2.43. The first-order valence-corrected chi connectivity index (χ1v) is 14.3. The highest BCUT2D eigenvalue weighted by Gasteiger charge is 2.17. The second kappa shape index (κ2) is 12.2. The first-order valence-electron chi connectivity index (χ1n) is 13.9. The van der Waals surface area contributed by atoms with E-state index in [9.17, 15) is 4.79 Å². The molecule has 5 rings (SSSR count). The van der Waals surface area contributed by atoms with Gasteiger partial charge in [0, 0.05) is 52.6 Å². The summed E-state index contributed by atoms with van der Waals surface area (Å²) in [6.07, 6.45) is 4.71. The molecule has 1 aliphatic rings. The van der Waals surface area contributed by atoms with Gasteiger partial charge < -0.3 is 14.7 Å². The molecule has 0 bridgehead atoms. The van der Waals surface area contributed by atoms with Gasteiger partial charge in [-0.1, -0.05) is 54.0 Å². The average Bonchev–Trinajstić information content (AvgIpc) is 3.32. The van der Waals surface area contributed by atoms with E-state index in [0.717, 1.165) is 48.1 Å². The van der Waals surface area contributed by atoms with E-state index in [2.05, 4.69) is 71.7 Å². The molecular weight excluding hydrogens is 536 g/mol. The maximum absolute atomic E-state index is 13.8. The summed E-state index contributed by atoms with van der Waals surface area (Å²) >= 11 is 6.72. The molecule has 4 aromatic rings. The minimum absolute atomic E-state index is 0.141. The zero-order valence-corrected chi connectivity index (χ0v) is 24.9. The van der Waals surface area contributed by atoms with Crippen LogP contribution in [-0.2, 0) is 13.0 Å². The van der Waals surface area contributed by atoms with E-state index in [4.69, 9.17) is 21.1 Å². The van der Waals surface area contributed by atoms with E-state index in [-0.39, 0.29) is 5.56 Å². The van der Waals surface area contributed by atoms with E-state index in [1.165, 1.54) is 11.1 Å². The second-order valence-electron chi connectivity index (χ2n) is 10.4. The van der Waals surface area contributed by atoms with Gasteiger partial charge in [-0.2, -0.15) is 4.98 Å². The normalized spacial score (nSPS) is 13.0. The summed E-state index contributed by atoms with van der Waals surface area (Å²) in [5, 5.41) is 8.85. The summed E-state index contributed by atoms with van der Waals surface area (Å²) in [6.45, 7) is 7.30. The van der Waals surface area contributed by atoms with Crippen LogP contribution < -0.4 is 21.6 Å². The summed E-state index contributed by atoms with van der Waals surface area (Å²) in [6, 6.07) is 15.8. The van der Waals surface area contributed by atoms with Crippen LogP contribution in [0.3, 0.4) is 0 Å². The largest absolute Gasteiger partial charge is 0.340 e. The Morgan fingerprint density at radius 3 is 2.49 bits per heavy atom. The molecular formula is C32H35ClN6O2. The van der Waals surface area contributed by atoms with Gasteiger partial charge >= 0.3 is 0 Å². The second-order valence-corrected chi connectivity index (χ2v) is 10.8. The third-order valence-corrected chi connectivity index (χ3v) is 7.58. The molecule has 9 heteroatoms. The molecule has 3 heterocycles. The van der Waals surface area contributed by atoms with Gasteiger partial charge in [0.15, 0.2) is 0 Å². The van der Waals surface area contributed by atoms with Crippen LogP contribution in [0.5, 0.6) is 0 Å². The van der Waals surface area contributed by atoms with Gasteiger partial charge in [0.25, 0.3) is 5.56 Å². The van der Waals surface area contributed by atoms with E-state index in [1.54, 1.807) is 17.6 Å². The van der Waals surface area contributed by atoms with Gasteiger partial charge in [-0.25, -0.2) is 4.99 Å². The minimum atomic E-state index is -0.141. The maximum atomic E-state index is 13.8. The highest BCUT2D eigenvalue weighted by Crippen LogP contribution is 2.29. The molecule has 0 spiro atoms. The fraction of sp³-hybridized carbons (Fsp3) is 0.312. The number of fused-ring (bicyclic) bond motifs is 1. The molecule has 0 aliphatic carbocycles. The molecule has 8 nitrogen and oxygen atoms in total. The van der Waals surface area contributed by atoms with E-state index in [0.29, 0.717) is 39.9 Å². The van der Waals surface area contributed by atoms with Gasteiger partial charge in [0.1, 0.15) is 11.3 Å². The third kappa shape index (κ3) is 6.19. The molecule has 2 aromatic heterocycles. The van der Waals surface area contributed by atoms with Crippen molar-refractivity contribution in [2.45, 2.75) is 46.6 Å². The Hall–Kier alpha value is -4.01. The number of allylic oxidation sites excluding steroid dienone is 1. The molecule has 0 unspecified atom stereocenters. The number of pyridine rings is 1. The Labute approximate surface area is 244 Å². The number of nitrogens with one attached hydrogen (secondary N) is 1. The highest BCUT2D eigenvalue weighted by atomic mass is 35.5. The van der Waals surface area contributed by atoms with Gasteiger partial charge in [-0.3, -0.25) is 9.36 Å². The number of hydrogen-bond donors (Lipinski definition) is 1. The summed E-state index contributed by atoms with van der Waals surface area (Å²) in [5.41, 5.74) is 5.84. The molecule has 0 amide bonds. The van der Waals surface area contributed by atoms with Crippen LogP contribution in [0.25, 0.3) is 28.6 Å². The van der Waals surface area contributed by atoms with Crippen molar-refractivity contribution in [1.82, 2.24) is 19.6 Å². The average molecular weight is 571 g/mol. The number of nitrogens with zero attached hydrogens (tertiary/aromatic N) is 5. The fourth-order valence-corrected chi connectivity index (χ4v) is 5.20. The number of likely N-dealkylation sites (N-methyl/N-ethyl adjacent to an activating group) is 1. The molecule has 0 saturated heterocycles. The number of benzene rings is 2. The van der Waals surface area contributed by atoms with Crippen molar-refractivity contribution < 1.29 is 4.52 Å². The number of aromatic nitrogens is 3. The Kier molecular flexibility index (Phi) is 8.52. The number of anilines is 1. The monoisotopic (exact) mass is 570 g/mol. The molecule has 0 saturated carbocycles. The predicted octanol–water partition coefficient (Wildman–Crippen LogP) is 5.19. The first kappa shape index (κ1) is 28.5. The standard InChI is InChI=1S/C32H35ClN6O2/c1-6-22-10-11-24-18-27(26-15-12-23(19-28(26)33)30-34-20(3)41-37-30)32(40)39(7-2)31(24)36-29(22)35-25-13-8-21(9-14-25)16-17-38(4)5/h8-9,11-15,18-19,35H,6-7,10,16-17H2,1-5H3. The van der Waals surface area contributed by atoms with Crippen LogP contribution in [0.4, 0.5) is 5.69 Å². The van der Waals surface area contributed by atoms with Crippen molar-refractivity contribution in [2.24, 2.45) is 4.99 Å². The van der Waals surface area contributed by atoms with Crippen LogP contribution in [0.1, 0.15) is 38.1 Å². The van der Waals surface area contributed by atoms with Gasteiger partial charge in [-0.05, 0) is 75.7 Å². The molecule has 212 valence electrons. The van der Waals surface area contributed by atoms with Crippen LogP contribution in [0.2, 0.25) is 5.02 Å². The lowest BCUT2D eigenvalue weighted by atomic mass is 10.0. The van der Waals surface area contributed by atoms with E-state index < -0.39 is 0 Å². The van der Waals surface area contributed by atoms with Crippen molar-refractivity contribution in [1.29, 1.82) is 0 Å².